The van der Waals surface area contributed by atoms with Crippen molar-refractivity contribution >= 4 is 28.7 Å². The third-order valence-electron chi connectivity index (χ3n) is 4.09. The molecule has 1 aromatic heterocycles. The Morgan fingerprint density at radius 2 is 1.79 bits per heavy atom. The van der Waals surface area contributed by atoms with E-state index in [0.29, 0.717) is 22.7 Å². The van der Waals surface area contributed by atoms with Crippen molar-refractivity contribution in [3.63, 3.8) is 0 Å². The van der Waals surface area contributed by atoms with Crippen molar-refractivity contribution in [3.05, 3.63) is 59.7 Å². The molecular formula is C21H23FN4O3. The Balaban J connectivity index is 1.49. The van der Waals surface area contributed by atoms with Gasteiger partial charge in [-0.1, -0.05) is 32.9 Å². The Morgan fingerprint density at radius 1 is 1.07 bits per heavy atom. The van der Waals surface area contributed by atoms with E-state index in [4.69, 9.17) is 4.42 Å². The first kappa shape index (κ1) is 20.3. The Hall–Kier alpha value is -3.42. The van der Waals surface area contributed by atoms with Gasteiger partial charge in [0.05, 0.1) is 6.54 Å². The van der Waals surface area contributed by atoms with Crippen LogP contribution in [-0.4, -0.2) is 23.5 Å². The number of nitrogens with zero attached hydrogens (tertiary/aromatic N) is 1. The quantitative estimate of drug-likeness (QED) is 0.611. The van der Waals surface area contributed by atoms with Crippen molar-refractivity contribution in [1.82, 2.24) is 15.6 Å². The smallest absolute Gasteiger partial charge is 0.315 e. The van der Waals surface area contributed by atoms with Crippen LogP contribution in [0.2, 0.25) is 0 Å². The lowest BCUT2D eigenvalue weighted by Crippen LogP contribution is -2.39. The zero-order valence-electron chi connectivity index (χ0n) is 16.5. The second-order valence-corrected chi connectivity index (χ2v) is 7.66. The molecule has 3 N–H and O–H groups in total. The van der Waals surface area contributed by atoms with Gasteiger partial charge in [0.25, 0.3) is 0 Å². The molecular weight excluding hydrogens is 375 g/mol. The number of fused-ring (bicyclic) bond motifs is 1. The summed E-state index contributed by atoms with van der Waals surface area (Å²) in [6.45, 7) is 6.06. The second kappa shape index (κ2) is 8.30. The highest BCUT2D eigenvalue weighted by Crippen LogP contribution is 2.27. The molecule has 0 saturated carbocycles. The molecule has 152 valence electrons. The Bertz CT molecular complexity index is 1020. The van der Waals surface area contributed by atoms with E-state index in [0.717, 1.165) is 5.56 Å². The number of rotatable bonds is 5. The van der Waals surface area contributed by atoms with Gasteiger partial charge in [-0.3, -0.25) is 4.79 Å². The van der Waals surface area contributed by atoms with E-state index in [9.17, 15) is 14.0 Å². The van der Waals surface area contributed by atoms with E-state index >= 15 is 0 Å². The highest BCUT2D eigenvalue weighted by atomic mass is 19.1. The van der Waals surface area contributed by atoms with E-state index in [1.165, 1.54) is 12.1 Å². The number of amides is 3. The van der Waals surface area contributed by atoms with Gasteiger partial charge in [-0.15, -0.1) is 0 Å². The van der Waals surface area contributed by atoms with Gasteiger partial charge in [0.1, 0.15) is 11.3 Å². The number of aromatic nitrogens is 1. The van der Waals surface area contributed by atoms with Crippen molar-refractivity contribution in [2.24, 2.45) is 0 Å². The molecule has 3 rings (SSSR count). The van der Waals surface area contributed by atoms with Crippen molar-refractivity contribution in [3.8, 4) is 0 Å². The molecule has 0 saturated heterocycles. The summed E-state index contributed by atoms with van der Waals surface area (Å²) >= 11 is 0. The summed E-state index contributed by atoms with van der Waals surface area (Å²) in [5.74, 6) is -0.0930. The Labute approximate surface area is 167 Å². The van der Waals surface area contributed by atoms with Crippen molar-refractivity contribution in [1.29, 1.82) is 0 Å². The number of hydrogen-bond donors (Lipinski definition) is 3. The van der Waals surface area contributed by atoms with Gasteiger partial charge < -0.3 is 20.4 Å². The summed E-state index contributed by atoms with van der Waals surface area (Å²) in [6.07, 6.45) is 0. The van der Waals surface area contributed by atoms with Gasteiger partial charge in [0, 0.05) is 17.6 Å². The maximum atomic E-state index is 12.9. The number of nitrogens with one attached hydrogen (secondary N) is 3. The lowest BCUT2D eigenvalue weighted by Gasteiger charge is -2.11. The maximum Gasteiger partial charge on any atom is 0.315 e. The summed E-state index contributed by atoms with van der Waals surface area (Å²) in [5, 5.41) is 7.79. The van der Waals surface area contributed by atoms with E-state index < -0.39 is 6.03 Å². The van der Waals surface area contributed by atoms with Crippen LogP contribution in [0.15, 0.2) is 46.9 Å². The lowest BCUT2D eigenvalue weighted by molar-refractivity contribution is -0.115. The zero-order chi connectivity index (χ0) is 21.0. The fourth-order valence-corrected chi connectivity index (χ4v) is 2.54. The number of oxazole rings is 1. The fraction of sp³-hybridized carbons (Fsp3) is 0.286. The molecule has 1 heterocycles. The van der Waals surface area contributed by atoms with Gasteiger partial charge in [0.2, 0.25) is 11.8 Å². The van der Waals surface area contributed by atoms with Gasteiger partial charge in [-0.25, -0.2) is 14.2 Å². The van der Waals surface area contributed by atoms with Crippen LogP contribution in [0.1, 0.15) is 32.2 Å². The van der Waals surface area contributed by atoms with Crippen LogP contribution in [-0.2, 0) is 16.8 Å². The molecule has 0 fully saturated rings. The van der Waals surface area contributed by atoms with Crippen LogP contribution in [0.3, 0.4) is 0 Å². The third-order valence-corrected chi connectivity index (χ3v) is 4.09. The minimum atomic E-state index is -0.494. The van der Waals surface area contributed by atoms with Gasteiger partial charge in [0.15, 0.2) is 5.58 Å². The average Bonchev–Trinajstić information content (AvgIpc) is 3.10. The van der Waals surface area contributed by atoms with Crippen LogP contribution >= 0.6 is 0 Å². The largest absolute Gasteiger partial charge is 0.440 e. The van der Waals surface area contributed by atoms with E-state index in [1.807, 2.05) is 20.8 Å². The van der Waals surface area contributed by atoms with Crippen molar-refractivity contribution in [2.75, 3.05) is 11.9 Å². The Morgan fingerprint density at radius 3 is 2.48 bits per heavy atom. The lowest BCUT2D eigenvalue weighted by atomic mass is 9.97. The molecule has 0 bridgehead atoms. The molecule has 3 aromatic rings. The van der Waals surface area contributed by atoms with Gasteiger partial charge >= 0.3 is 6.03 Å². The predicted octanol–water partition coefficient (Wildman–Crippen LogP) is 3.70. The summed E-state index contributed by atoms with van der Waals surface area (Å²) in [7, 11) is 0. The molecule has 0 spiro atoms. The average molecular weight is 398 g/mol. The minimum absolute atomic E-state index is 0.195. The molecule has 3 amide bonds. The van der Waals surface area contributed by atoms with Crippen LogP contribution in [0, 0.1) is 5.82 Å². The fourth-order valence-electron chi connectivity index (χ4n) is 2.54. The summed E-state index contributed by atoms with van der Waals surface area (Å²) in [4.78, 5) is 28.4. The maximum absolute atomic E-state index is 12.9. The molecule has 0 unspecified atom stereocenters. The first-order chi connectivity index (χ1) is 13.7. The topological polar surface area (TPSA) is 96.3 Å². The van der Waals surface area contributed by atoms with Crippen molar-refractivity contribution in [2.45, 2.75) is 32.7 Å². The number of anilines is 1. The van der Waals surface area contributed by atoms with Gasteiger partial charge in [-0.2, -0.15) is 0 Å². The standard InChI is InChI=1S/C21H23FN4O3/c1-21(2,3)19-26-16-10-15(8-9-17(16)29-19)25-18(27)12-24-20(28)23-11-13-4-6-14(22)7-5-13/h4-10H,11-12H2,1-3H3,(H,25,27)(H2,23,24,28). The molecule has 8 heteroatoms. The molecule has 0 aliphatic rings. The summed E-state index contributed by atoms with van der Waals surface area (Å²) < 4.78 is 18.6. The number of hydrogen-bond acceptors (Lipinski definition) is 4. The molecule has 0 aliphatic carbocycles. The number of benzene rings is 2. The predicted molar refractivity (Wildman–Crippen MR) is 108 cm³/mol. The van der Waals surface area contributed by atoms with E-state index in [-0.39, 0.29) is 30.2 Å². The van der Waals surface area contributed by atoms with Gasteiger partial charge in [-0.05, 0) is 35.9 Å². The highest BCUT2D eigenvalue weighted by molar-refractivity contribution is 5.95. The van der Waals surface area contributed by atoms with Crippen LogP contribution in [0.5, 0.6) is 0 Å². The van der Waals surface area contributed by atoms with Crippen LogP contribution < -0.4 is 16.0 Å². The molecule has 0 radical (unpaired) electrons. The molecule has 29 heavy (non-hydrogen) atoms. The second-order valence-electron chi connectivity index (χ2n) is 7.66. The molecule has 2 aromatic carbocycles. The third kappa shape index (κ3) is 5.54. The van der Waals surface area contributed by atoms with Crippen LogP contribution in [0.4, 0.5) is 14.9 Å². The minimum Gasteiger partial charge on any atom is -0.440 e. The first-order valence-corrected chi connectivity index (χ1v) is 9.18. The molecule has 0 atom stereocenters. The number of carbonyl (C=O) groups is 2. The monoisotopic (exact) mass is 398 g/mol. The number of halogens is 1. The Kier molecular flexibility index (Phi) is 5.81. The number of carbonyl (C=O) groups excluding carboxylic acids is 2. The molecule has 7 nitrogen and oxygen atoms in total. The van der Waals surface area contributed by atoms with Crippen LogP contribution in [0.25, 0.3) is 11.1 Å². The highest BCUT2D eigenvalue weighted by Gasteiger charge is 2.21. The van der Waals surface area contributed by atoms with Crippen molar-refractivity contribution < 1.29 is 18.4 Å². The normalized spacial score (nSPS) is 11.3. The first-order valence-electron chi connectivity index (χ1n) is 9.18. The SMILES string of the molecule is CC(C)(C)c1nc2cc(NC(=O)CNC(=O)NCc3ccc(F)cc3)ccc2o1. The van der Waals surface area contributed by atoms with E-state index in [2.05, 4.69) is 20.9 Å². The zero-order valence-corrected chi connectivity index (χ0v) is 16.5. The van der Waals surface area contributed by atoms with E-state index in [1.54, 1.807) is 30.3 Å². The summed E-state index contributed by atoms with van der Waals surface area (Å²) in [6, 6.07) is 10.5. The summed E-state index contributed by atoms with van der Waals surface area (Å²) in [5.41, 5.74) is 2.39. The number of urea groups is 1. The molecule has 0 aliphatic heterocycles.